The van der Waals surface area contributed by atoms with E-state index in [1.54, 1.807) is 3.56 Å². The normalized spacial score (nSPS) is 11.9. The Morgan fingerprint density at radius 1 is 1.38 bits per heavy atom. The van der Waals surface area contributed by atoms with Gasteiger partial charge in [-0.3, -0.25) is 0 Å². The van der Waals surface area contributed by atoms with Crippen LogP contribution >= 0.6 is 11.6 Å². The van der Waals surface area contributed by atoms with Crippen molar-refractivity contribution >= 4 is 41.9 Å². The number of nitrogens with zero attached hydrogens (tertiary/aromatic N) is 1. The number of carbonyl (C=O) groups is 1. The van der Waals surface area contributed by atoms with Gasteiger partial charge in [0.1, 0.15) is 0 Å². The minimum absolute atomic E-state index is 0.0399. The summed E-state index contributed by atoms with van der Waals surface area (Å²) in [5.41, 5.74) is 1.27. The Hall–Kier alpha value is -1.03. The van der Waals surface area contributed by atoms with Crippen molar-refractivity contribution in [3.8, 4) is 0 Å². The number of rotatable bonds is 3. The fraction of sp³-hybridized carbons (Fsp3) is 0.467. The number of hydrogen-bond donors (Lipinski definition) is 0. The SMILES string of the molecule is COC(=O)c1cc(C(C)(C)C)cc2c(=O)n(CCCl)[se]c12. The predicted octanol–water partition coefficient (Wildman–Crippen LogP) is 2.38. The Morgan fingerprint density at radius 3 is 2.57 bits per heavy atom. The van der Waals surface area contributed by atoms with Crippen LogP contribution in [-0.2, 0) is 16.7 Å². The molecule has 21 heavy (non-hydrogen) atoms. The first-order chi connectivity index (χ1) is 9.79. The van der Waals surface area contributed by atoms with Crippen molar-refractivity contribution in [3.63, 3.8) is 0 Å². The maximum atomic E-state index is 12.5. The van der Waals surface area contributed by atoms with Gasteiger partial charge in [-0.25, -0.2) is 0 Å². The molecule has 0 aliphatic rings. The molecule has 0 aliphatic carbocycles. The Kier molecular flexibility index (Phi) is 4.66. The van der Waals surface area contributed by atoms with Crippen molar-refractivity contribution in [2.45, 2.75) is 32.7 Å². The Labute approximate surface area is 134 Å². The molecule has 6 heteroatoms. The van der Waals surface area contributed by atoms with E-state index >= 15 is 0 Å². The second-order valence-electron chi connectivity index (χ2n) is 5.83. The quantitative estimate of drug-likeness (QED) is 0.471. The zero-order chi connectivity index (χ0) is 15.8. The van der Waals surface area contributed by atoms with Crippen molar-refractivity contribution in [1.29, 1.82) is 0 Å². The number of ether oxygens (including phenoxy) is 1. The van der Waals surface area contributed by atoms with E-state index in [1.807, 2.05) is 12.1 Å². The van der Waals surface area contributed by atoms with Gasteiger partial charge in [0.15, 0.2) is 0 Å². The summed E-state index contributed by atoms with van der Waals surface area (Å²) in [5, 5.41) is 0.618. The summed E-state index contributed by atoms with van der Waals surface area (Å²) < 4.78 is 7.40. The number of benzene rings is 1. The van der Waals surface area contributed by atoms with Gasteiger partial charge in [-0.2, -0.15) is 0 Å². The summed E-state index contributed by atoms with van der Waals surface area (Å²) in [7, 11) is 1.36. The van der Waals surface area contributed by atoms with Crippen LogP contribution in [0, 0.1) is 0 Å². The standard InChI is InChI=1S/C15H18ClNO3Se/c1-15(2,3)9-7-10-12(11(8-9)14(19)20-4)21-17(6-5-16)13(10)18/h7-8H,5-6H2,1-4H3. The number of alkyl halides is 1. The summed E-state index contributed by atoms with van der Waals surface area (Å²) in [6.45, 7) is 6.66. The van der Waals surface area contributed by atoms with Crippen LogP contribution in [0.2, 0.25) is 0 Å². The zero-order valence-electron chi connectivity index (χ0n) is 12.5. The predicted molar refractivity (Wildman–Crippen MR) is 85.9 cm³/mol. The average molecular weight is 375 g/mol. The van der Waals surface area contributed by atoms with Gasteiger partial charge in [0, 0.05) is 0 Å². The van der Waals surface area contributed by atoms with Gasteiger partial charge in [0.2, 0.25) is 0 Å². The van der Waals surface area contributed by atoms with Crippen LogP contribution in [-0.4, -0.2) is 37.3 Å². The molecule has 2 rings (SSSR count). The second-order valence-corrected chi connectivity index (χ2v) is 8.37. The summed E-state index contributed by atoms with van der Waals surface area (Å²) in [6.07, 6.45) is 0. The van der Waals surface area contributed by atoms with Crippen LogP contribution in [0.25, 0.3) is 9.65 Å². The summed E-state index contributed by atoms with van der Waals surface area (Å²) >= 11 is 5.53. The number of esters is 1. The second kappa shape index (κ2) is 5.99. The molecule has 0 aliphatic heterocycles. The molecule has 4 nitrogen and oxygen atoms in total. The monoisotopic (exact) mass is 375 g/mol. The molecule has 0 saturated carbocycles. The number of hydrogen-bond acceptors (Lipinski definition) is 3. The van der Waals surface area contributed by atoms with E-state index in [4.69, 9.17) is 16.3 Å². The molecule has 0 saturated heterocycles. The molecule has 1 heterocycles. The van der Waals surface area contributed by atoms with Crippen molar-refractivity contribution < 1.29 is 9.53 Å². The number of carbonyl (C=O) groups excluding carboxylic acids is 1. The maximum absolute atomic E-state index is 12.5. The zero-order valence-corrected chi connectivity index (χ0v) is 15.0. The molecular formula is C15H18ClNO3Se. The van der Waals surface area contributed by atoms with Crippen LogP contribution in [0.15, 0.2) is 16.9 Å². The van der Waals surface area contributed by atoms with Crippen molar-refractivity contribution in [2.24, 2.45) is 0 Å². The van der Waals surface area contributed by atoms with E-state index in [2.05, 4.69) is 20.8 Å². The first-order valence-corrected chi connectivity index (χ1v) is 8.78. The molecule has 0 atom stereocenters. The van der Waals surface area contributed by atoms with Crippen molar-refractivity contribution in [2.75, 3.05) is 13.0 Å². The van der Waals surface area contributed by atoms with Crippen molar-refractivity contribution in [3.05, 3.63) is 33.6 Å². The molecular weight excluding hydrogens is 357 g/mol. The molecule has 0 fully saturated rings. The van der Waals surface area contributed by atoms with E-state index in [0.717, 1.165) is 9.82 Å². The van der Waals surface area contributed by atoms with E-state index in [9.17, 15) is 9.59 Å². The summed E-state index contributed by atoms with van der Waals surface area (Å²) in [5.74, 6) is 0.000922. The number of aromatic nitrogens is 1. The van der Waals surface area contributed by atoms with Gasteiger partial charge in [0.05, 0.1) is 0 Å². The fourth-order valence-corrected chi connectivity index (χ4v) is 4.73. The van der Waals surface area contributed by atoms with Crippen LogP contribution in [0.5, 0.6) is 0 Å². The molecule has 0 bridgehead atoms. The molecule has 1 aromatic heterocycles. The Balaban J connectivity index is 2.82. The molecule has 0 spiro atoms. The molecule has 1 aromatic carbocycles. The number of aryl methyl sites for hydroxylation is 1. The van der Waals surface area contributed by atoms with E-state index in [-0.39, 0.29) is 31.7 Å². The van der Waals surface area contributed by atoms with Crippen LogP contribution in [0.1, 0.15) is 36.7 Å². The Morgan fingerprint density at radius 2 is 2.05 bits per heavy atom. The van der Waals surface area contributed by atoms with Crippen molar-refractivity contribution in [1.82, 2.24) is 3.56 Å². The van der Waals surface area contributed by atoms with Gasteiger partial charge < -0.3 is 0 Å². The summed E-state index contributed by atoms with van der Waals surface area (Å²) in [4.78, 5) is 24.5. The van der Waals surface area contributed by atoms with E-state index < -0.39 is 0 Å². The number of halogens is 1. The van der Waals surface area contributed by atoms with Crippen LogP contribution in [0.3, 0.4) is 0 Å². The molecule has 2 aromatic rings. The first-order valence-electron chi connectivity index (χ1n) is 6.62. The number of fused-ring (bicyclic) bond motifs is 1. The third kappa shape index (κ3) is 3.10. The van der Waals surface area contributed by atoms with Gasteiger partial charge >= 0.3 is 134 Å². The number of methoxy groups -OCH3 is 1. The van der Waals surface area contributed by atoms with Crippen LogP contribution in [0.4, 0.5) is 0 Å². The molecule has 0 unspecified atom stereocenters. The van der Waals surface area contributed by atoms with E-state index in [0.29, 0.717) is 23.4 Å². The summed E-state index contributed by atoms with van der Waals surface area (Å²) in [6, 6.07) is 3.75. The van der Waals surface area contributed by atoms with Gasteiger partial charge in [-0.1, -0.05) is 0 Å². The third-order valence-corrected chi connectivity index (χ3v) is 5.97. The minimum atomic E-state index is -0.389. The third-order valence-electron chi connectivity index (χ3n) is 3.31. The van der Waals surface area contributed by atoms with Crippen LogP contribution < -0.4 is 5.56 Å². The fourth-order valence-electron chi connectivity index (χ4n) is 2.09. The Bertz CT molecular complexity index is 740. The average Bonchev–Trinajstić information content (AvgIpc) is 2.73. The first kappa shape index (κ1) is 16.3. The van der Waals surface area contributed by atoms with E-state index in [1.165, 1.54) is 7.11 Å². The topological polar surface area (TPSA) is 48.3 Å². The molecule has 0 N–H and O–H groups in total. The molecule has 0 radical (unpaired) electrons. The molecule has 114 valence electrons. The molecule has 0 amide bonds. The van der Waals surface area contributed by atoms with Gasteiger partial charge in [-0.05, 0) is 0 Å². The van der Waals surface area contributed by atoms with Gasteiger partial charge in [-0.15, -0.1) is 0 Å². The van der Waals surface area contributed by atoms with Gasteiger partial charge in [0.25, 0.3) is 0 Å².